The van der Waals surface area contributed by atoms with Gasteiger partial charge in [-0.15, -0.1) is 0 Å². The van der Waals surface area contributed by atoms with Crippen LogP contribution in [0.25, 0.3) is 5.57 Å². The first-order chi connectivity index (χ1) is 9.06. The van der Waals surface area contributed by atoms with Gasteiger partial charge in [0.15, 0.2) is 0 Å². The first kappa shape index (κ1) is 14.2. The Morgan fingerprint density at radius 1 is 1.21 bits per heavy atom. The van der Waals surface area contributed by atoms with Gasteiger partial charge in [-0.05, 0) is 43.0 Å². The molecule has 100 valence electrons. The molecule has 0 radical (unpaired) electrons. The zero-order valence-electron chi connectivity index (χ0n) is 10.7. The molecule has 0 saturated carbocycles. The molecule has 0 unspecified atom stereocenters. The van der Waals surface area contributed by atoms with E-state index in [1.165, 1.54) is 5.56 Å². The van der Waals surface area contributed by atoms with E-state index in [1.807, 2.05) is 31.2 Å². The van der Waals surface area contributed by atoms with Crippen molar-refractivity contribution in [1.82, 2.24) is 5.16 Å². The van der Waals surface area contributed by atoms with Crippen LogP contribution in [0.1, 0.15) is 30.4 Å². The van der Waals surface area contributed by atoms with Crippen molar-refractivity contribution in [1.29, 1.82) is 0 Å². The smallest absolute Gasteiger partial charge is 0.137 e. The van der Waals surface area contributed by atoms with E-state index in [-0.39, 0.29) is 0 Å². The van der Waals surface area contributed by atoms with Crippen molar-refractivity contribution in [2.24, 2.45) is 0 Å². The summed E-state index contributed by atoms with van der Waals surface area (Å²) in [5.41, 5.74) is 2.91. The van der Waals surface area contributed by atoms with E-state index < -0.39 is 0 Å². The number of halogens is 2. The van der Waals surface area contributed by atoms with E-state index >= 15 is 0 Å². The van der Waals surface area contributed by atoms with Crippen LogP contribution < -0.4 is 0 Å². The van der Waals surface area contributed by atoms with Crippen LogP contribution in [-0.4, -0.2) is 5.16 Å². The van der Waals surface area contributed by atoms with Crippen LogP contribution in [0.3, 0.4) is 0 Å². The Morgan fingerprint density at radius 3 is 2.63 bits per heavy atom. The third kappa shape index (κ3) is 3.85. The van der Waals surface area contributed by atoms with Crippen molar-refractivity contribution in [2.45, 2.75) is 26.2 Å². The first-order valence-corrected chi connectivity index (χ1v) is 6.87. The van der Waals surface area contributed by atoms with Gasteiger partial charge in [0.05, 0.1) is 10.0 Å². The summed E-state index contributed by atoms with van der Waals surface area (Å²) in [5, 5.41) is 5.14. The number of nitrogens with zero attached hydrogens (tertiary/aromatic N) is 1. The fourth-order valence-corrected chi connectivity index (χ4v) is 2.11. The zero-order valence-corrected chi connectivity index (χ0v) is 12.3. The van der Waals surface area contributed by atoms with Gasteiger partial charge in [0, 0.05) is 12.5 Å². The van der Waals surface area contributed by atoms with Crippen molar-refractivity contribution >= 4 is 28.8 Å². The molecule has 1 aromatic carbocycles. The van der Waals surface area contributed by atoms with Crippen molar-refractivity contribution in [3.8, 4) is 0 Å². The van der Waals surface area contributed by atoms with Gasteiger partial charge in [-0.25, -0.2) is 0 Å². The number of hydrogen-bond donors (Lipinski definition) is 0. The van der Waals surface area contributed by atoms with Crippen LogP contribution >= 0.6 is 23.2 Å². The highest BCUT2D eigenvalue weighted by atomic mass is 35.5. The Morgan fingerprint density at radius 2 is 2.00 bits per heavy atom. The summed E-state index contributed by atoms with van der Waals surface area (Å²) in [7, 11) is 0. The van der Waals surface area contributed by atoms with E-state index in [2.05, 4.69) is 11.7 Å². The molecular formula is C15H15Cl2NO. The largest absolute Gasteiger partial charge is 0.361 e. The Bertz CT molecular complexity index is 590. The highest BCUT2D eigenvalue weighted by Gasteiger charge is 2.05. The van der Waals surface area contributed by atoms with Gasteiger partial charge in [0.25, 0.3) is 0 Å². The molecule has 0 amide bonds. The minimum absolute atomic E-state index is 0.590. The number of benzene rings is 1. The molecule has 0 N–H and O–H groups in total. The lowest BCUT2D eigenvalue weighted by molar-refractivity contribution is 0.379. The Balaban J connectivity index is 1.88. The molecule has 1 heterocycles. The molecule has 2 aromatic rings. The minimum Gasteiger partial charge on any atom is -0.361 e. The van der Waals surface area contributed by atoms with Crippen molar-refractivity contribution in [2.75, 3.05) is 0 Å². The maximum atomic E-state index is 5.98. The van der Waals surface area contributed by atoms with Crippen molar-refractivity contribution < 1.29 is 4.52 Å². The molecular weight excluding hydrogens is 281 g/mol. The summed E-state index contributed by atoms with van der Waals surface area (Å²) < 4.78 is 5.25. The van der Waals surface area contributed by atoms with Gasteiger partial charge in [-0.2, -0.15) is 0 Å². The second kappa shape index (κ2) is 6.27. The summed E-state index contributed by atoms with van der Waals surface area (Å²) in [6.07, 6.45) is 2.75. The highest BCUT2D eigenvalue weighted by Crippen LogP contribution is 2.23. The summed E-state index contributed by atoms with van der Waals surface area (Å²) >= 11 is 11.9. The number of rotatable bonds is 5. The first-order valence-electron chi connectivity index (χ1n) is 6.11. The quantitative estimate of drug-likeness (QED) is 0.759. The van der Waals surface area contributed by atoms with Gasteiger partial charge in [-0.3, -0.25) is 0 Å². The Kier molecular flexibility index (Phi) is 4.67. The number of hydrogen-bond acceptors (Lipinski definition) is 2. The van der Waals surface area contributed by atoms with Crippen LogP contribution in [0.5, 0.6) is 0 Å². The predicted octanol–water partition coefficient (Wildman–Crippen LogP) is 5.19. The Labute approximate surface area is 123 Å². The zero-order chi connectivity index (χ0) is 13.8. The number of allylic oxidation sites excluding steroid dienone is 1. The molecule has 2 rings (SSSR count). The molecule has 0 aliphatic rings. The summed E-state index contributed by atoms with van der Waals surface area (Å²) in [5.74, 6) is 0.887. The molecule has 0 aliphatic carbocycles. The second-order valence-electron chi connectivity index (χ2n) is 4.56. The standard InChI is InChI=1S/C15H15Cl2NO/c1-10(2)15-9-12(19-18-15)5-3-4-11-6-7-13(16)14(17)8-11/h6-9H,1,3-5H2,2H3. The van der Waals surface area contributed by atoms with Crippen LogP contribution in [0.2, 0.25) is 10.0 Å². The van der Waals surface area contributed by atoms with Crippen molar-refractivity contribution in [3.05, 3.63) is 57.9 Å². The molecule has 4 heteroatoms. The summed E-state index contributed by atoms with van der Waals surface area (Å²) in [4.78, 5) is 0. The lowest BCUT2D eigenvalue weighted by atomic mass is 10.1. The normalized spacial score (nSPS) is 10.7. The van der Waals surface area contributed by atoms with Crippen LogP contribution in [0.15, 0.2) is 35.4 Å². The van der Waals surface area contributed by atoms with E-state index in [4.69, 9.17) is 27.7 Å². The third-order valence-corrected chi connectivity index (χ3v) is 3.61. The molecule has 0 fully saturated rings. The SMILES string of the molecule is C=C(C)c1cc(CCCc2ccc(Cl)c(Cl)c2)on1. The van der Waals surface area contributed by atoms with Gasteiger partial charge >= 0.3 is 0 Å². The average Bonchev–Trinajstić information content (AvgIpc) is 2.83. The Hall–Kier alpha value is -1.25. The number of aromatic nitrogens is 1. The monoisotopic (exact) mass is 295 g/mol. The second-order valence-corrected chi connectivity index (χ2v) is 5.38. The van der Waals surface area contributed by atoms with E-state index in [9.17, 15) is 0 Å². The number of aryl methyl sites for hydroxylation is 2. The fraction of sp³-hybridized carbons (Fsp3) is 0.267. The van der Waals surface area contributed by atoms with Gasteiger partial charge < -0.3 is 4.52 Å². The van der Waals surface area contributed by atoms with Gasteiger partial charge in [0.1, 0.15) is 11.5 Å². The predicted molar refractivity (Wildman–Crippen MR) is 79.7 cm³/mol. The van der Waals surface area contributed by atoms with E-state index in [0.717, 1.165) is 36.3 Å². The molecule has 0 bridgehead atoms. The van der Waals surface area contributed by atoms with Crippen LogP contribution in [0.4, 0.5) is 0 Å². The molecule has 0 spiro atoms. The lowest BCUT2D eigenvalue weighted by Crippen LogP contribution is -1.89. The minimum atomic E-state index is 0.590. The van der Waals surface area contributed by atoms with Gasteiger partial charge in [0.2, 0.25) is 0 Å². The fourth-order valence-electron chi connectivity index (χ4n) is 1.79. The maximum absolute atomic E-state index is 5.98. The topological polar surface area (TPSA) is 26.0 Å². The van der Waals surface area contributed by atoms with Gasteiger partial charge in [-0.1, -0.05) is 41.0 Å². The van der Waals surface area contributed by atoms with E-state index in [1.54, 1.807) is 0 Å². The summed E-state index contributed by atoms with van der Waals surface area (Å²) in [6, 6.07) is 7.67. The van der Waals surface area contributed by atoms with E-state index in [0.29, 0.717) is 10.0 Å². The molecule has 0 aliphatic heterocycles. The third-order valence-electron chi connectivity index (χ3n) is 2.87. The molecule has 0 saturated heterocycles. The molecule has 1 aromatic heterocycles. The van der Waals surface area contributed by atoms with Crippen LogP contribution in [0, 0.1) is 0 Å². The summed E-state index contributed by atoms with van der Waals surface area (Å²) in [6.45, 7) is 5.75. The maximum Gasteiger partial charge on any atom is 0.137 e. The lowest BCUT2D eigenvalue weighted by Gasteiger charge is -2.02. The molecule has 2 nitrogen and oxygen atoms in total. The van der Waals surface area contributed by atoms with Crippen LogP contribution in [-0.2, 0) is 12.8 Å². The molecule has 19 heavy (non-hydrogen) atoms. The average molecular weight is 296 g/mol. The van der Waals surface area contributed by atoms with Crippen molar-refractivity contribution in [3.63, 3.8) is 0 Å². The molecule has 0 atom stereocenters. The highest BCUT2D eigenvalue weighted by molar-refractivity contribution is 6.42.